The average Bonchev–Trinajstić information content (AvgIpc) is 3.93. The van der Waals surface area contributed by atoms with Crippen molar-refractivity contribution in [3.8, 4) is 67.5 Å². The van der Waals surface area contributed by atoms with Crippen LogP contribution >= 0.6 is 0 Å². The van der Waals surface area contributed by atoms with E-state index in [2.05, 4.69) is 203 Å². The van der Waals surface area contributed by atoms with E-state index in [1.807, 2.05) is 47.0 Å². The van der Waals surface area contributed by atoms with Crippen molar-refractivity contribution in [2.75, 3.05) is 9.62 Å². The van der Waals surface area contributed by atoms with Crippen molar-refractivity contribution in [1.29, 1.82) is 0 Å². The average molecular weight is 1060 g/mol. The molecule has 0 amide bonds. The Morgan fingerprint density at radius 3 is 1.82 bits per heavy atom. The zero-order chi connectivity index (χ0) is 47.7. The van der Waals surface area contributed by atoms with Crippen LogP contribution in [0.3, 0.4) is 0 Å². The van der Waals surface area contributed by atoms with Gasteiger partial charge in [0.05, 0.1) is 0 Å². The molecule has 2 aromatic heterocycles. The van der Waals surface area contributed by atoms with Crippen LogP contribution in [-0.4, -0.2) is 21.1 Å². The second-order valence-electron chi connectivity index (χ2n) is 16.8. The zero-order valence-electron chi connectivity index (χ0n) is 39.4. The van der Waals surface area contributed by atoms with E-state index in [9.17, 15) is 4.11 Å². The van der Waals surface area contributed by atoms with Crippen molar-refractivity contribution in [2.24, 2.45) is 0 Å². The fourth-order valence-corrected chi connectivity index (χ4v) is 11.1. The molecule has 68 heavy (non-hydrogen) atoms. The van der Waals surface area contributed by atoms with E-state index in [0.717, 1.165) is 76.4 Å². The van der Waals surface area contributed by atoms with Crippen molar-refractivity contribution < 1.29 is 28.2 Å². The van der Waals surface area contributed by atoms with Gasteiger partial charge in [-0.05, 0) is 17.7 Å². The molecule has 0 aliphatic carbocycles. The van der Waals surface area contributed by atoms with Gasteiger partial charge in [-0.2, -0.15) is 0 Å². The van der Waals surface area contributed by atoms with Gasteiger partial charge in [-0.15, -0.1) is 0 Å². The Labute approximate surface area is 410 Å². The van der Waals surface area contributed by atoms with E-state index >= 15 is 0 Å². The number of para-hydroxylation sites is 6. The third-order valence-corrected chi connectivity index (χ3v) is 14.0. The molecule has 0 unspecified atom stereocenters. The molecule has 324 valence electrons. The molecule has 0 bridgehead atoms. The van der Waals surface area contributed by atoms with E-state index in [1.54, 1.807) is 12.1 Å². The summed E-state index contributed by atoms with van der Waals surface area (Å²) in [7, 11) is 0. The van der Waals surface area contributed by atoms with Crippen molar-refractivity contribution in [2.45, 2.75) is 0 Å². The molecule has 0 atom stereocenters. The molecule has 2 aliphatic rings. The molecule has 2 aliphatic heterocycles. The van der Waals surface area contributed by atoms with Gasteiger partial charge in [-0.1, -0.05) is 54.6 Å². The molecular weight excluding hydrogens is 1010 g/mol. The number of benzene rings is 9. The van der Waals surface area contributed by atoms with Gasteiger partial charge in [0.2, 0.25) is 0 Å². The van der Waals surface area contributed by atoms with Gasteiger partial charge in [0.25, 0.3) is 0 Å². The summed E-state index contributed by atoms with van der Waals surface area (Å²) < 4.78 is 39.6. The summed E-state index contributed by atoms with van der Waals surface area (Å²) in [6, 6.07) is 76.4. The number of pyridine rings is 1. The van der Waals surface area contributed by atoms with Gasteiger partial charge in [-0.3, -0.25) is 0 Å². The van der Waals surface area contributed by atoms with Gasteiger partial charge >= 0.3 is 329 Å². The first-order valence-electron chi connectivity index (χ1n) is 24.1. The summed E-state index contributed by atoms with van der Waals surface area (Å²) in [6.07, 6.45) is 0. The van der Waals surface area contributed by atoms with Gasteiger partial charge in [0.15, 0.2) is 0 Å². The summed E-state index contributed by atoms with van der Waals surface area (Å²) in [5, 5.41) is 0. The maximum atomic E-state index is 9.49. The van der Waals surface area contributed by atoms with Crippen molar-refractivity contribution >= 4 is 46.4 Å². The van der Waals surface area contributed by atoms with E-state index in [-0.39, 0.29) is 36.7 Å². The van der Waals surface area contributed by atoms with E-state index in [1.165, 1.54) is 11.1 Å². The minimum atomic E-state index is -0.251. The minimum absolute atomic E-state index is 0.0904. The second kappa shape index (κ2) is 16.6. The number of hydrogen-bond acceptors (Lipinski definition) is 4. The number of nitrogens with zero attached hydrogens (tertiary/aromatic N) is 5. The molecule has 0 saturated heterocycles. The Bertz CT molecular complexity index is 3980. The van der Waals surface area contributed by atoms with Crippen LogP contribution in [0, 0.1) is 3.80 Å². The third-order valence-electron chi connectivity index (χ3n) is 13.0. The molecule has 4 heterocycles. The standard InChI is InChI=1S/C60H40BN5O.Pt/c1-3-19-42(20-4-1)44-23-15-24-45(39-44)49-30-17-29-48(43-21-5-2-6-22-43)60(49)64-41-63(54-33-11-12-34-55(54)64)46-25-16-26-47(40-46)67-59-38-18-37-58(62-59)66-57-36-14-13-35-56(57)65-53-32-10-8-28-51(53)50-27-7-9-31-52(50)61(65)66;/h1-40H;/i16D,25D,26D;. The van der Waals surface area contributed by atoms with Crippen LogP contribution in [0.1, 0.15) is 4.11 Å². The molecule has 6 nitrogen and oxygen atoms in total. The number of anilines is 4. The number of hydrogen-bond donors (Lipinski definition) is 0. The Balaban J connectivity index is 0.946. The van der Waals surface area contributed by atoms with Crippen molar-refractivity contribution in [3.05, 3.63) is 246 Å². The SMILES string of the molecule is [2H]c1c(Oc2cccc(N3B4c5ccccc5-c5ccccc5N4c4ccccc43)n2)cc(-n2[c](=[Pt])n(-c3c(-c4ccccc4)cccc3-c3cccc(-c4ccccc4)c3)c3ccccc32)c([2H])c1[2H]. The molecule has 0 spiro atoms. The summed E-state index contributed by atoms with van der Waals surface area (Å²) in [5.41, 5.74) is 16.2. The first kappa shape index (κ1) is 36.9. The molecule has 0 fully saturated rings. The zero-order valence-corrected chi connectivity index (χ0v) is 38.7. The number of fused-ring (bicyclic) bond motifs is 9. The third kappa shape index (κ3) is 6.61. The van der Waals surface area contributed by atoms with Crippen LogP contribution in [0.5, 0.6) is 11.6 Å². The number of rotatable bonds is 8. The van der Waals surface area contributed by atoms with Crippen LogP contribution in [0.4, 0.5) is 22.9 Å². The molecule has 0 N–H and O–H groups in total. The first-order valence-corrected chi connectivity index (χ1v) is 23.7. The van der Waals surface area contributed by atoms with Crippen LogP contribution in [0.15, 0.2) is 243 Å². The van der Waals surface area contributed by atoms with Crippen molar-refractivity contribution in [3.63, 3.8) is 0 Å². The fraction of sp³-hybridized carbons (Fsp3) is 0. The van der Waals surface area contributed by atoms with Crippen LogP contribution < -0.4 is 19.8 Å². The van der Waals surface area contributed by atoms with Gasteiger partial charge in [-0.25, -0.2) is 0 Å². The number of aromatic nitrogens is 3. The number of imidazole rings is 1. The van der Waals surface area contributed by atoms with Gasteiger partial charge < -0.3 is 0 Å². The Hall–Kier alpha value is -8.25. The summed E-state index contributed by atoms with van der Waals surface area (Å²) in [6.45, 7) is -0.224. The molecule has 9 aromatic carbocycles. The van der Waals surface area contributed by atoms with Gasteiger partial charge in [0.1, 0.15) is 0 Å². The van der Waals surface area contributed by atoms with E-state index in [4.69, 9.17) is 9.72 Å². The second-order valence-corrected chi connectivity index (χ2v) is 17.8. The molecular formula is C60H40BN5OPt. The quantitative estimate of drug-likeness (QED) is 0.142. The molecule has 13 rings (SSSR count). The Kier molecular flexibility index (Phi) is 8.99. The predicted molar refractivity (Wildman–Crippen MR) is 274 cm³/mol. The normalized spacial score (nSPS) is 13.0. The van der Waals surface area contributed by atoms with Gasteiger partial charge in [0, 0.05) is 11.3 Å². The summed E-state index contributed by atoms with van der Waals surface area (Å²) in [5.74, 6) is 1.05. The van der Waals surface area contributed by atoms with Crippen LogP contribution in [0.25, 0.3) is 66.9 Å². The molecule has 11 aromatic rings. The maximum absolute atomic E-state index is 9.49. The van der Waals surface area contributed by atoms with E-state index in [0.29, 0.717) is 11.5 Å². The Morgan fingerprint density at radius 2 is 1.03 bits per heavy atom. The first-order chi connectivity index (χ1) is 34.9. The monoisotopic (exact) mass is 1060 g/mol. The summed E-state index contributed by atoms with van der Waals surface area (Å²) in [4.78, 5) is 9.78. The van der Waals surface area contributed by atoms with E-state index < -0.39 is 0 Å². The fourth-order valence-electron chi connectivity index (χ4n) is 10.1. The van der Waals surface area contributed by atoms with Crippen molar-refractivity contribution in [1.82, 2.24) is 14.1 Å². The predicted octanol–water partition coefficient (Wildman–Crippen LogP) is 14.4. The molecule has 0 radical (unpaired) electrons. The van der Waals surface area contributed by atoms with Crippen LogP contribution in [0.2, 0.25) is 0 Å². The Morgan fingerprint density at radius 1 is 0.456 bits per heavy atom. The number of ether oxygens (including phenoxy) is 1. The topological polar surface area (TPSA) is 38.5 Å². The summed E-state index contributed by atoms with van der Waals surface area (Å²) >= 11 is 2.35. The molecule has 8 heteroatoms. The van der Waals surface area contributed by atoms with Crippen LogP contribution in [-0.2, 0) is 19.4 Å². The molecule has 0 saturated carbocycles.